The van der Waals surface area contributed by atoms with Crippen LogP contribution in [0, 0.1) is 0 Å². The topological polar surface area (TPSA) is 69.7 Å². The summed E-state index contributed by atoms with van der Waals surface area (Å²) < 4.78 is 65.6. The maximum Gasteiger partial charge on any atom is 0.417 e. The monoisotopic (exact) mass is 447 g/mol. The standard InChI is InChI=1S/C18H17ClF3N3O3S/c19-16-7-6-14(12-15(16)18(20,21)22)29(27,28)25-10-8-24(9-11-25)17(26)23-13-4-2-1-3-5-13/h1-7,12H,8-11H2,(H,23,26). The van der Waals surface area contributed by atoms with Gasteiger partial charge in [0.05, 0.1) is 15.5 Å². The summed E-state index contributed by atoms with van der Waals surface area (Å²) in [6.45, 7) is 0.151. The Hall–Kier alpha value is -2.30. The molecule has 0 unspecified atom stereocenters. The molecule has 0 radical (unpaired) electrons. The molecule has 11 heteroatoms. The van der Waals surface area contributed by atoms with Crippen LogP contribution in [0.15, 0.2) is 53.4 Å². The molecule has 6 nitrogen and oxygen atoms in total. The molecule has 1 aliphatic rings. The van der Waals surface area contributed by atoms with E-state index in [0.717, 1.165) is 16.4 Å². The largest absolute Gasteiger partial charge is 0.417 e. The van der Waals surface area contributed by atoms with Crippen molar-refractivity contribution in [2.45, 2.75) is 11.1 Å². The van der Waals surface area contributed by atoms with Crippen LogP contribution >= 0.6 is 11.6 Å². The molecule has 29 heavy (non-hydrogen) atoms. The van der Waals surface area contributed by atoms with Crippen LogP contribution in [-0.4, -0.2) is 49.8 Å². The highest BCUT2D eigenvalue weighted by molar-refractivity contribution is 7.89. The first-order valence-electron chi connectivity index (χ1n) is 8.57. The Morgan fingerprint density at radius 2 is 1.62 bits per heavy atom. The zero-order valence-corrected chi connectivity index (χ0v) is 16.6. The van der Waals surface area contributed by atoms with E-state index in [1.54, 1.807) is 30.3 Å². The van der Waals surface area contributed by atoms with Crippen LogP contribution in [0.25, 0.3) is 0 Å². The van der Waals surface area contributed by atoms with Gasteiger partial charge < -0.3 is 10.2 Å². The van der Waals surface area contributed by atoms with Gasteiger partial charge in [-0.25, -0.2) is 13.2 Å². The molecule has 1 aliphatic heterocycles. The Morgan fingerprint density at radius 1 is 1.00 bits per heavy atom. The average Bonchev–Trinajstić information content (AvgIpc) is 2.68. The number of rotatable bonds is 3. The van der Waals surface area contributed by atoms with E-state index in [-0.39, 0.29) is 32.2 Å². The van der Waals surface area contributed by atoms with Crippen LogP contribution in [-0.2, 0) is 16.2 Å². The first-order valence-corrected chi connectivity index (χ1v) is 10.4. The number of amides is 2. The number of nitrogens with zero attached hydrogens (tertiary/aromatic N) is 2. The van der Waals surface area contributed by atoms with Crippen LogP contribution in [0.2, 0.25) is 5.02 Å². The molecule has 156 valence electrons. The SMILES string of the molecule is O=C(Nc1ccccc1)N1CCN(S(=O)(=O)c2ccc(Cl)c(C(F)(F)F)c2)CC1. The van der Waals surface area contributed by atoms with E-state index >= 15 is 0 Å². The van der Waals surface area contributed by atoms with Crippen molar-refractivity contribution in [3.8, 4) is 0 Å². The highest BCUT2D eigenvalue weighted by Crippen LogP contribution is 2.36. The van der Waals surface area contributed by atoms with Gasteiger partial charge in [0.15, 0.2) is 0 Å². The summed E-state index contributed by atoms with van der Waals surface area (Å²) in [6, 6.07) is 10.9. The molecule has 0 spiro atoms. The summed E-state index contributed by atoms with van der Waals surface area (Å²) in [5.41, 5.74) is -0.602. The molecule has 0 aromatic heterocycles. The van der Waals surface area contributed by atoms with Crippen molar-refractivity contribution in [3.05, 3.63) is 59.1 Å². The second kappa shape index (κ2) is 8.21. The molecule has 2 aromatic rings. The first-order chi connectivity index (χ1) is 13.6. The van der Waals surface area contributed by atoms with Gasteiger partial charge in [0.1, 0.15) is 0 Å². The number of hydrogen-bond acceptors (Lipinski definition) is 3. The number of hydrogen-bond donors (Lipinski definition) is 1. The number of nitrogens with one attached hydrogen (secondary N) is 1. The van der Waals surface area contributed by atoms with E-state index < -0.39 is 31.7 Å². The van der Waals surface area contributed by atoms with Crippen LogP contribution in [0.4, 0.5) is 23.7 Å². The Kier molecular flexibility index (Phi) is 6.06. The lowest BCUT2D eigenvalue weighted by molar-refractivity contribution is -0.137. The minimum atomic E-state index is -4.77. The predicted octanol–water partition coefficient (Wildman–Crippen LogP) is 3.90. The minimum absolute atomic E-state index is 0.0332. The third-order valence-corrected chi connectivity index (χ3v) is 6.66. The molecule has 0 saturated carbocycles. The predicted molar refractivity (Wildman–Crippen MR) is 102 cm³/mol. The minimum Gasteiger partial charge on any atom is -0.322 e. The van der Waals surface area contributed by atoms with Gasteiger partial charge in [-0.15, -0.1) is 0 Å². The highest BCUT2D eigenvalue weighted by Gasteiger charge is 2.36. The summed E-state index contributed by atoms with van der Waals surface area (Å²) in [4.78, 5) is 13.3. The highest BCUT2D eigenvalue weighted by atomic mass is 35.5. The van der Waals surface area contributed by atoms with Gasteiger partial charge in [-0.1, -0.05) is 29.8 Å². The summed E-state index contributed by atoms with van der Waals surface area (Å²) >= 11 is 5.56. The molecule has 2 aromatic carbocycles. The van der Waals surface area contributed by atoms with Crippen molar-refractivity contribution in [2.24, 2.45) is 0 Å². The van der Waals surface area contributed by atoms with E-state index in [2.05, 4.69) is 5.32 Å². The number of halogens is 4. The second-order valence-electron chi connectivity index (χ2n) is 6.33. The number of carbonyl (C=O) groups is 1. The summed E-state index contributed by atoms with van der Waals surface area (Å²) in [5, 5.41) is 2.14. The molecule has 1 N–H and O–H groups in total. The lowest BCUT2D eigenvalue weighted by atomic mass is 10.2. The van der Waals surface area contributed by atoms with E-state index in [1.807, 2.05) is 0 Å². The van der Waals surface area contributed by atoms with Crippen molar-refractivity contribution in [3.63, 3.8) is 0 Å². The number of sulfonamides is 1. The van der Waals surface area contributed by atoms with E-state index in [0.29, 0.717) is 11.8 Å². The molecule has 0 aliphatic carbocycles. The molecule has 1 fully saturated rings. The molecule has 0 bridgehead atoms. The average molecular weight is 448 g/mol. The first kappa shape index (κ1) is 21.4. The van der Waals surface area contributed by atoms with Gasteiger partial charge >= 0.3 is 12.2 Å². The Labute approximate surface area is 170 Å². The Morgan fingerprint density at radius 3 is 2.21 bits per heavy atom. The van der Waals surface area contributed by atoms with Crippen LogP contribution in [0.1, 0.15) is 5.56 Å². The normalized spacial score (nSPS) is 15.9. The summed E-state index contributed by atoms with van der Waals surface area (Å²) in [6.07, 6.45) is -4.77. The zero-order chi connectivity index (χ0) is 21.2. The molecular formula is C18H17ClF3N3O3S. The third-order valence-electron chi connectivity index (χ3n) is 4.43. The molecular weight excluding hydrogens is 431 g/mol. The van der Waals surface area contributed by atoms with Gasteiger partial charge in [-0.2, -0.15) is 17.5 Å². The molecule has 0 atom stereocenters. The Balaban J connectivity index is 1.69. The van der Waals surface area contributed by atoms with Gasteiger partial charge in [0.2, 0.25) is 10.0 Å². The van der Waals surface area contributed by atoms with Gasteiger partial charge in [0, 0.05) is 31.9 Å². The quantitative estimate of drug-likeness (QED) is 0.776. The fourth-order valence-electron chi connectivity index (χ4n) is 2.89. The molecule has 2 amide bonds. The van der Waals surface area contributed by atoms with E-state index in [4.69, 9.17) is 11.6 Å². The number of urea groups is 1. The summed E-state index contributed by atoms with van der Waals surface area (Å²) in [5.74, 6) is 0. The number of piperazine rings is 1. The van der Waals surface area contributed by atoms with Crippen molar-refractivity contribution in [1.29, 1.82) is 0 Å². The number of alkyl halides is 3. The third kappa shape index (κ3) is 4.82. The fraction of sp³-hybridized carbons (Fsp3) is 0.278. The zero-order valence-electron chi connectivity index (χ0n) is 15.0. The number of carbonyl (C=O) groups excluding carboxylic acids is 1. The lowest BCUT2D eigenvalue weighted by Crippen LogP contribution is -2.51. The number of benzene rings is 2. The van der Waals surface area contributed by atoms with E-state index in [9.17, 15) is 26.4 Å². The van der Waals surface area contributed by atoms with Crippen molar-refractivity contribution >= 4 is 33.3 Å². The molecule has 3 rings (SSSR count). The molecule has 1 heterocycles. The molecule has 1 saturated heterocycles. The summed E-state index contributed by atoms with van der Waals surface area (Å²) in [7, 11) is -4.15. The van der Waals surface area contributed by atoms with Crippen LogP contribution < -0.4 is 5.32 Å². The Bertz CT molecular complexity index is 992. The van der Waals surface area contributed by atoms with Gasteiger partial charge in [-0.3, -0.25) is 0 Å². The van der Waals surface area contributed by atoms with Gasteiger partial charge in [-0.05, 0) is 30.3 Å². The van der Waals surface area contributed by atoms with Crippen molar-refractivity contribution < 1.29 is 26.4 Å². The van der Waals surface area contributed by atoms with Crippen LogP contribution in [0.5, 0.6) is 0 Å². The van der Waals surface area contributed by atoms with Crippen molar-refractivity contribution in [2.75, 3.05) is 31.5 Å². The maximum atomic E-state index is 13.0. The van der Waals surface area contributed by atoms with Crippen LogP contribution in [0.3, 0.4) is 0 Å². The number of para-hydroxylation sites is 1. The number of anilines is 1. The fourth-order valence-corrected chi connectivity index (χ4v) is 4.56. The maximum absolute atomic E-state index is 13.0. The van der Waals surface area contributed by atoms with Gasteiger partial charge in [0.25, 0.3) is 0 Å². The van der Waals surface area contributed by atoms with E-state index in [1.165, 1.54) is 4.90 Å². The lowest BCUT2D eigenvalue weighted by Gasteiger charge is -2.34. The second-order valence-corrected chi connectivity index (χ2v) is 8.67. The smallest absolute Gasteiger partial charge is 0.322 e. The van der Waals surface area contributed by atoms with Crippen molar-refractivity contribution in [1.82, 2.24) is 9.21 Å².